The maximum Gasteiger partial charge on any atom is 0.296 e. The van der Waals surface area contributed by atoms with Crippen LogP contribution in [0.4, 0.5) is 0 Å². The first-order valence-corrected chi connectivity index (χ1v) is 14.0. The maximum atomic E-state index is 13.7. The molecule has 37 heavy (non-hydrogen) atoms. The molecule has 8 heteroatoms. The zero-order chi connectivity index (χ0) is 26.2. The Kier molecular flexibility index (Phi) is 6.69. The summed E-state index contributed by atoms with van der Waals surface area (Å²) in [4.78, 5) is 20.7. The molecule has 2 heterocycles. The molecule has 0 radical (unpaired) electrons. The minimum absolute atomic E-state index is 0.0724. The standard InChI is InChI=1S/C29H29N3O4S/c1-3-4-9-26-31-28(33)27(29(34)32(26)25-15-12-20-7-5-6-8-24(20)25)37(35,36)22-13-10-21(11-14-22)23-16-17-30-18-19(23)2/h5-8,10-11,13-14,16-18,25,34H,3-4,9,12,15H2,1-2H3/t25-/m0/s1. The summed E-state index contributed by atoms with van der Waals surface area (Å²) in [7, 11) is -4.33. The minimum Gasteiger partial charge on any atom is -0.493 e. The van der Waals surface area contributed by atoms with Gasteiger partial charge >= 0.3 is 0 Å². The molecule has 0 bridgehead atoms. The Morgan fingerprint density at radius 2 is 1.84 bits per heavy atom. The molecular formula is C29H29N3O4S. The molecule has 7 nitrogen and oxygen atoms in total. The van der Waals surface area contributed by atoms with Gasteiger partial charge in [-0.15, -0.1) is 0 Å². The Hall–Kier alpha value is -3.78. The van der Waals surface area contributed by atoms with Crippen molar-refractivity contribution in [3.63, 3.8) is 0 Å². The monoisotopic (exact) mass is 515 g/mol. The molecule has 1 aliphatic rings. The van der Waals surface area contributed by atoms with Gasteiger partial charge in [-0.1, -0.05) is 49.7 Å². The van der Waals surface area contributed by atoms with Gasteiger partial charge in [0.25, 0.3) is 5.56 Å². The number of aromatic nitrogens is 3. The van der Waals surface area contributed by atoms with Crippen LogP contribution in [0.15, 0.2) is 81.6 Å². The van der Waals surface area contributed by atoms with Gasteiger partial charge < -0.3 is 5.11 Å². The average Bonchev–Trinajstić information content (AvgIpc) is 3.31. The Balaban J connectivity index is 1.63. The lowest BCUT2D eigenvalue weighted by Crippen LogP contribution is -2.27. The molecule has 0 saturated heterocycles. The second-order valence-electron chi connectivity index (χ2n) is 9.43. The van der Waals surface area contributed by atoms with Crippen molar-refractivity contribution in [1.29, 1.82) is 0 Å². The van der Waals surface area contributed by atoms with Crippen LogP contribution < -0.4 is 5.56 Å². The summed E-state index contributed by atoms with van der Waals surface area (Å²) >= 11 is 0. The van der Waals surface area contributed by atoms with Gasteiger partial charge in [0.05, 0.1) is 10.9 Å². The van der Waals surface area contributed by atoms with Gasteiger partial charge in [-0.3, -0.25) is 14.3 Å². The molecule has 0 unspecified atom stereocenters. The smallest absolute Gasteiger partial charge is 0.296 e. The van der Waals surface area contributed by atoms with Crippen LogP contribution in [0, 0.1) is 6.92 Å². The molecule has 190 valence electrons. The van der Waals surface area contributed by atoms with Gasteiger partial charge in [0.2, 0.25) is 15.7 Å². The third-order valence-corrected chi connectivity index (χ3v) is 8.85. The summed E-state index contributed by atoms with van der Waals surface area (Å²) in [5, 5.41) is 11.4. The number of fused-ring (bicyclic) bond motifs is 1. The zero-order valence-corrected chi connectivity index (χ0v) is 21.7. The number of nitrogens with zero attached hydrogens (tertiary/aromatic N) is 3. The van der Waals surface area contributed by atoms with Gasteiger partial charge in [0.1, 0.15) is 5.82 Å². The number of sulfone groups is 1. The van der Waals surface area contributed by atoms with Gasteiger partial charge in [-0.05, 0) is 72.2 Å². The number of pyridine rings is 1. The number of unbranched alkanes of at least 4 members (excludes halogenated alkanes) is 1. The highest BCUT2D eigenvalue weighted by atomic mass is 32.2. The van der Waals surface area contributed by atoms with Crippen LogP contribution in [0.25, 0.3) is 11.1 Å². The van der Waals surface area contributed by atoms with Crippen molar-refractivity contribution in [2.45, 2.75) is 61.8 Å². The molecule has 0 fully saturated rings. The van der Waals surface area contributed by atoms with E-state index in [1.165, 1.54) is 12.1 Å². The van der Waals surface area contributed by atoms with E-state index in [1.807, 2.05) is 44.2 Å². The summed E-state index contributed by atoms with van der Waals surface area (Å²) < 4.78 is 29.0. The summed E-state index contributed by atoms with van der Waals surface area (Å²) in [5.74, 6) is -0.129. The van der Waals surface area contributed by atoms with E-state index in [0.29, 0.717) is 18.7 Å². The van der Waals surface area contributed by atoms with Gasteiger partial charge in [0, 0.05) is 18.8 Å². The van der Waals surface area contributed by atoms with Gasteiger partial charge in [0.15, 0.2) is 4.90 Å². The number of rotatable bonds is 7. The van der Waals surface area contributed by atoms with Crippen LogP contribution in [0.3, 0.4) is 0 Å². The first-order chi connectivity index (χ1) is 17.8. The highest BCUT2D eigenvalue weighted by Gasteiger charge is 2.34. The Morgan fingerprint density at radius 1 is 1.08 bits per heavy atom. The Bertz CT molecular complexity index is 1630. The summed E-state index contributed by atoms with van der Waals surface area (Å²) in [6.45, 7) is 3.96. The predicted molar refractivity (Wildman–Crippen MR) is 142 cm³/mol. The second-order valence-corrected chi connectivity index (χ2v) is 11.3. The molecule has 1 N–H and O–H groups in total. The van der Waals surface area contributed by atoms with E-state index in [4.69, 9.17) is 0 Å². The Morgan fingerprint density at radius 3 is 2.57 bits per heavy atom. The van der Waals surface area contributed by atoms with E-state index >= 15 is 0 Å². The van der Waals surface area contributed by atoms with E-state index in [9.17, 15) is 18.3 Å². The third-order valence-electron chi connectivity index (χ3n) is 7.07. The van der Waals surface area contributed by atoms with Crippen LogP contribution in [0.5, 0.6) is 5.88 Å². The van der Waals surface area contributed by atoms with Crippen LogP contribution in [0.1, 0.15) is 54.7 Å². The normalized spacial score (nSPS) is 15.0. The van der Waals surface area contributed by atoms with Crippen LogP contribution in [-0.2, 0) is 22.7 Å². The molecule has 1 atom stereocenters. The zero-order valence-electron chi connectivity index (χ0n) is 20.9. The first kappa shape index (κ1) is 24.9. The van der Waals surface area contributed by atoms with E-state index in [1.54, 1.807) is 29.1 Å². The fourth-order valence-electron chi connectivity index (χ4n) is 5.15. The van der Waals surface area contributed by atoms with Crippen LogP contribution in [-0.4, -0.2) is 28.1 Å². The lowest BCUT2D eigenvalue weighted by Gasteiger charge is -2.23. The number of hydrogen-bond donors (Lipinski definition) is 1. The number of hydrogen-bond acceptors (Lipinski definition) is 6. The van der Waals surface area contributed by atoms with Crippen molar-refractivity contribution in [3.8, 4) is 17.0 Å². The molecule has 0 saturated carbocycles. The average molecular weight is 516 g/mol. The van der Waals surface area contributed by atoms with Crippen molar-refractivity contribution in [2.24, 2.45) is 0 Å². The SMILES string of the molecule is CCCCc1nc(=O)c(S(=O)(=O)c2ccc(-c3ccncc3C)cc2)c(O)n1[C@H]1CCc2ccccc21. The molecule has 4 aromatic rings. The molecule has 2 aromatic heterocycles. The van der Waals surface area contributed by atoms with E-state index in [0.717, 1.165) is 47.1 Å². The molecule has 1 aliphatic carbocycles. The lowest BCUT2D eigenvalue weighted by atomic mass is 10.0. The summed E-state index contributed by atoms with van der Waals surface area (Å²) in [6.07, 6.45) is 7.03. The largest absolute Gasteiger partial charge is 0.493 e. The summed E-state index contributed by atoms with van der Waals surface area (Å²) in [5.41, 5.74) is 3.96. The summed E-state index contributed by atoms with van der Waals surface area (Å²) in [6, 6.07) is 15.8. The maximum absolute atomic E-state index is 13.7. The quantitative estimate of drug-likeness (QED) is 0.370. The predicted octanol–water partition coefficient (Wildman–Crippen LogP) is 5.03. The van der Waals surface area contributed by atoms with Crippen molar-refractivity contribution >= 4 is 9.84 Å². The Labute approximate surface area is 216 Å². The molecule has 0 aliphatic heterocycles. The van der Waals surface area contributed by atoms with Crippen LogP contribution >= 0.6 is 0 Å². The van der Waals surface area contributed by atoms with Crippen LogP contribution in [0.2, 0.25) is 0 Å². The van der Waals surface area contributed by atoms with Crippen molar-refractivity contribution in [1.82, 2.24) is 14.5 Å². The number of aryl methyl sites for hydroxylation is 3. The number of aromatic hydroxyl groups is 1. The molecule has 0 spiro atoms. The van der Waals surface area contributed by atoms with Crippen molar-refractivity contribution < 1.29 is 13.5 Å². The third kappa shape index (κ3) is 4.46. The minimum atomic E-state index is -4.33. The number of benzene rings is 2. The molecule has 5 rings (SSSR count). The van der Waals surface area contributed by atoms with Gasteiger partial charge in [-0.25, -0.2) is 8.42 Å². The van der Waals surface area contributed by atoms with E-state index in [2.05, 4.69) is 9.97 Å². The lowest BCUT2D eigenvalue weighted by molar-refractivity contribution is 0.361. The highest BCUT2D eigenvalue weighted by Crippen LogP contribution is 2.39. The van der Waals surface area contributed by atoms with Gasteiger partial charge in [-0.2, -0.15) is 4.98 Å². The molecular weight excluding hydrogens is 486 g/mol. The second kappa shape index (κ2) is 9.94. The van der Waals surface area contributed by atoms with E-state index < -0.39 is 26.2 Å². The van der Waals surface area contributed by atoms with E-state index in [-0.39, 0.29) is 10.9 Å². The molecule has 2 aromatic carbocycles. The van der Waals surface area contributed by atoms with Crippen molar-refractivity contribution in [3.05, 3.63) is 99.9 Å². The topological polar surface area (TPSA) is 102 Å². The molecule has 0 amide bonds. The van der Waals surface area contributed by atoms with Crippen molar-refractivity contribution in [2.75, 3.05) is 0 Å². The fourth-order valence-corrected chi connectivity index (χ4v) is 6.50. The highest BCUT2D eigenvalue weighted by molar-refractivity contribution is 7.91. The first-order valence-electron chi connectivity index (χ1n) is 12.5. The fraction of sp³-hybridized carbons (Fsp3) is 0.276.